The van der Waals surface area contributed by atoms with Gasteiger partial charge in [-0.1, -0.05) is 42.5 Å². The molecule has 2 N–H and O–H groups in total. The van der Waals surface area contributed by atoms with Gasteiger partial charge >= 0.3 is 5.97 Å². The first-order valence-electron chi connectivity index (χ1n) is 11.2. The van der Waals surface area contributed by atoms with E-state index < -0.39 is 10.9 Å². The molecule has 4 rings (SSSR count). The van der Waals surface area contributed by atoms with E-state index in [4.69, 9.17) is 10.00 Å². The number of hydrogen-bond acceptors (Lipinski definition) is 10. The summed E-state index contributed by atoms with van der Waals surface area (Å²) < 4.78 is 5.48. The number of ether oxygens (including phenoxy) is 1. The predicted molar refractivity (Wildman–Crippen MR) is 136 cm³/mol. The molecule has 0 aliphatic heterocycles. The van der Waals surface area contributed by atoms with E-state index >= 15 is 0 Å². The van der Waals surface area contributed by atoms with Crippen molar-refractivity contribution >= 4 is 23.4 Å². The second-order valence-electron chi connectivity index (χ2n) is 7.72. The van der Waals surface area contributed by atoms with Gasteiger partial charge in [0.15, 0.2) is 0 Å². The molecule has 11 nitrogen and oxygen atoms in total. The lowest BCUT2D eigenvalue weighted by Gasteiger charge is -2.12. The predicted octanol–water partition coefficient (Wildman–Crippen LogP) is 4.20. The zero-order chi connectivity index (χ0) is 26.0. The van der Waals surface area contributed by atoms with E-state index in [1.807, 2.05) is 30.3 Å². The summed E-state index contributed by atoms with van der Waals surface area (Å²) in [6, 6.07) is 21.0. The Morgan fingerprint density at radius 1 is 0.973 bits per heavy atom. The minimum Gasteiger partial charge on any atom is -0.457 e. The number of pyridine rings is 1. The fraction of sp³-hybridized carbons (Fsp3) is 0.115. The smallest absolute Gasteiger partial charge is 0.342 e. The zero-order valence-electron chi connectivity index (χ0n) is 19.5. The van der Waals surface area contributed by atoms with Gasteiger partial charge in [-0.05, 0) is 23.8 Å². The van der Waals surface area contributed by atoms with E-state index in [2.05, 4.69) is 31.7 Å². The summed E-state index contributed by atoms with van der Waals surface area (Å²) in [7, 11) is 0. The molecule has 0 bridgehead atoms. The second-order valence-corrected chi connectivity index (χ2v) is 7.72. The van der Waals surface area contributed by atoms with Gasteiger partial charge < -0.3 is 15.4 Å². The molecule has 2 heterocycles. The minimum absolute atomic E-state index is 0.0882. The highest BCUT2D eigenvalue weighted by Crippen LogP contribution is 2.24. The molecule has 11 heteroatoms. The van der Waals surface area contributed by atoms with E-state index in [1.165, 1.54) is 24.5 Å². The summed E-state index contributed by atoms with van der Waals surface area (Å²) in [6.07, 6.45) is 2.58. The third-order valence-electron chi connectivity index (χ3n) is 5.18. The number of carbonyl (C=O) groups excluding carboxylic acids is 1. The molecule has 0 saturated heterocycles. The molecule has 0 amide bonds. The molecule has 2 aromatic heterocycles. The number of nitro groups is 1. The Morgan fingerprint density at radius 2 is 1.73 bits per heavy atom. The van der Waals surface area contributed by atoms with Crippen molar-refractivity contribution < 1.29 is 14.5 Å². The maximum atomic E-state index is 12.9. The molecule has 0 fully saturated rings. The van der Waals surface area contributed by atoms with E-state index in [9.17, 15) is 14.9 Å². The van der Waals surface area contributed by atoms with E-state index in [1.54, 1.807) is 24.3 Å². The van der Waals surface area contributed by atoms with E-state index in [0.717, 1.165) is 5.56 Å². The van der Waals surface area contributed by atoms with Crippen LogP contribution in [0.4, 0.5) is 17.5 Å². The fourth-order valence-electron chi connectivity index (χ4n) is 3.30. The van der Waals surface area contributed by atoms with Crippen LogP contribution in [0.5, 0.6) is 0 Å². The number of carbonyl (C=O) groups is 1. The molecule has 0 aliphatic rings. The molecular weight excluding hydrogens is 474 g/mol. The van der Waals surface area contributed by atoms with Crippen molar-refractivity contribution in [3.05, 3.63) is 106 Å². The van der Waals surface area contributed by atoms with Crippen LogP contribution in [0.15, 0.2) is 79.1 Å². The Kier molecular flexibility index (Phi) is 7.93. The van der Waals surface area contributed by atoms with Crippen LogP contribution in [0.3, 0.4) is 0 Å². The minimum atomic E-state index is -0.569. The van der Waals surface area contributed by atoms with Gasteiger partial charge in [0.2, 0.25) is 5.95 Å². The SMILES string of the molecule is N#Cc1ccc(-c2nc(NCCNc3ccc([N+](=O)[O-])cn3)ncc2C(=O)OCc2ccccc2)cc1. The number of rotatable bonds is 10. The van der Waals surface area contributed by atoms with Gasteiger partial charge in [-0.2, -0.15) is 5.26 Å². The first-order valence-corrected chi connectivity index (χ1v) is 11.2. The van der Waals surface area contributed by atoms with Gasteiger partial charge in [-0.15, -0.1) is 0 Å². The molecule has 0 atom stereocenters. The Morgan fingerprint density at radius 3 is 2.41 bits per heavy atom. The monoisotopic (exact) mass is 495 g/mol. The molecule has 0 spiro atoms. The third kappa shape index (κ3) is 6.61. The largest absolute Gasteiger partial charge is 0.457 e. The number of nitrogens with zero attached hydrogens (tertiary/aromatic N) is 5. The summed E-state index contributed by atoms with van der Waals surface area (Å²) >= 11 is 0. The first-order chi connectivity index (χ1) is 18.0. The van der Waals surface area contributed by atoms with Crippen LogP contribution in [0, 0.1) is 21.4 Å². The average molecular weight is 495 g/mol. The highest BCUT2D eigenvalue weighted by molar-refractivity contribution is 5.96. The molecule has 2 aromatic carbocycles. The normalized spacial score (nSPS) is 10.2. The van der Waals surface area contributed by atoms with Gasteiger partial charge in [-0.25, -0.2) is 19.7 Å². The summed E-state index contributed by atoms with van der Waals surface area (Å²) in [6.45, 7) is 0.944. The van der Waals surface area contributed by atoms with Crippen molar-refractivity contribution in [1.82, 2.24) is 15.0 Å². The van der Waals surface area contributed by atoms with Crippen molar-refractivity contribution in [1.29, 1.82) is 5.26 Å². The summed E-state index contributed by atoms with van der Waals surface area (Å²) in [5, 5.41) is 26.0. The summed E-state index contributed by atoms with van der Waals surface area (Å²) in [5.74, 6) is 0.209. The average Bonchev–Trinajstić information content (AvgIpc) is 2.95. The quantitative estimate of drug-likeness (QED) is 0.141. The van der Waals surface area contributed by atoms with E-state index in [-0.39, 0.29) is 23.8 Å². The lowest BCUT2D eigenvalue weighted by Crippen LogP contribution is -2.17. The lowest BCUT2D eigenvalue weighted by atomic mass is 10.1. The van der Waals surface area contributed by atoms with Crippen LogP contribution in [0.25, 0.3) is 11.3 Å². The van der Waals surface area contributed by atoms with Gasteiger partial charge in [0.1, 0.15) is 24.2 Å². The molecular formula is C26H21N7O4. The zero-order valence-corrected chi connectivity index (χ0v) is 19.5. The van der Waals surface area contributed by atoms with Crippen LogP contribution in [-0.2, 0) is 11.3 Å². The second kappa shape index (κ2) is 11.9. The van der Waals surface area contributed by atoms with Crippen molar-refractivity contribution in [2.45, 2.75) is 6.61 Å². The molecule has 0 unspecified atom stereocenters. The number of benzene rings is 2. The lowest BCUT2D eigenvalue weighted by molar-refractivity contribution is -0.385. The summed E-state index contributed by atoms with van der Waals surface area (Å²) in [5.41, 5.74) is 2.43. The van der Waals surface area contributed by atoms with Crippen LogP contribution in [-0.4, -0.2) is 38.9 Å². The Hall–Kier alpha value is -5.37. The number of nitrogens with one attached hydrogen (secondary N) is 2. The van der Waals surface area contributed by atoms with Crippen molar-refractivity contribution in [2.24, 2.45) is 0 Å². The first kappa shape index (κ1) is 24.7. The topological polar surface area (TPSA) is 156 Å². The van der Waals surface area contributed by atoms with E-state index in [0.29, 0.717) is 35.7 Å². The summed E-state index contributed by atoms with van der Waals surface area (Å²) in [4.78, 5) is 35.9. The van der Waals surface area contributed by atoms with Crippen LogP contribution in [0.2, 0.25) is 0 Å². The van der Waals surface area contributed by atoms with Crippen LogP contribution < -0.4 is 10.6 Å². The Bertz CT molecular complexity index is 1420. The van der Waals surface area contributed by atoms with Gasteiger partial charge in [0.25, 0.3) is 5.69 Å². The maximum absolute atomic E-state index is 12.9. The highest BCUT2D eigenvalue weighted by atomic mass is 16.6. The van der Waals surface area contributed by atoms with Gasteiger partial charge in [0.05, 0.1) is 22.2 Å². The molecule has 0 radical (unpaired) electrons. The Labute approximate surface area is 212 Å². The number of aromatic nitrogens is 3. The molecule has 4 aromatic rings. The van der Waals surface area contributed by atoms with Crippen molar-refractivity contribution in [2.75, 3.05) is 23.7 Å². The van der Waals surface area contributed by atoms with Gasteiger partial charge in [0, 0.05) is 30.9 Å². The standard InChI is InChI=1S/C26H21N7O4/c27-14-18-6-8-20(9-7-18)24-22(25(34)37-17-19-4-2-1-3-5-19)16-31-26(32-24)29-13-12-28-23-11-10-21(15-30-23)33(35)36/h1-11,15-16H,12-13,17H2,(H,28,30)(H,29,31,32). The molecule has 37 heavy (non-hydrogen) atoms. The number of nitriles is 1. The maximum Gasteiger partial charge on any atom is 0.342 e. The van der Waals surface area contributed by atoms with Crippen LogP contribution in [0.1, 0.15) is 21.5 Å². The molecule has 0 aliphatic carbocycles. The third-order valence-corrected chi connectivity index (χ3v) is 5.18. The fourth-order valence-corrected chi connectivity index (χ4v) is 3.30. The number of anilines is 2. The van der Waals surface area contributed by atoms with Crippen LogP contribution >= 0.6 is 0 Å². The number of hydrogen-bond donors (Lipinski definition) is 2. The molecule has 184 valence electrons. The molecule has 0 saturated carbocycles. The Balaban J connectivity index is 1.46. The number of esters is 1. The van der Waals surface area contributed by atoms with Gasteiger partial charge in [-0.3, -0.25) is 10.1 Å². The van der Waals surface area contributed by atoms with Crippen molar-refractivity contribution in [3.63, 3.8) is 0 Å². The van der Waals surface area contributed by atoms with Crippen molar-refractivity contribution in [3.8, 4) is 17.3 Å². The highest BCUT2D eigenvalue weighted by Gasteiger charge is 2.18.